The number of sulfonamides is 1. The summed E-state index contributed by atoms with van der Waals surface area (Å²) < 4.78 is 38.6. The van der Waals surface area contributed by atoms with E-state index in [1.165, 1.54) is 31.4 Å². The van der Waals surface area contributed by atoms with Crippen LogP contribution in [0.1, 0.15) is 58.3 Å². The summed E-state index contributed by atoms with van der Waals surface area (Å²) in [5.74, 6) is -2.32. The first-order chi connectivity index (χ1) is 18.0. The Morgan fingerprint density at radius 1 is 1.08 bits per heavy atom. The number of nitrogens with zero attached hydrogens (tertiary/aromatic N) is 2. The lowest BCUT2D eigenvalue weighted by Crippen LogP contribution is -2.64. The Morgan fingerprint density at radius 3 is 2.21 bits per heavy atom. The summed E-state index contributed by atoms with van der Waals surface area (Å²) in [5, 5.41) is 11.7. The quantitative estimate of drug-likeness (QED) is 0.309. The summed E-state index contributed by atoms with van der Waals surface area (Å²) in [6.45, 7) is 2.26. The third-order valence-electron chi connectivity index (χ3n) is 7.56. The summed E-state index contributed by atoms with van der Waals surface area (Å²) in [6, 6.07) is 5.58. The van der Waals surface area contributed by atoms with Crippen LogP contribution in [-0.2, 0) is 29.1 Å². The van der Waals surface area contributed by atoms with Crippen LogP contribution in [0.2, 0.25) is 0 Å². The van der Waals surface area contributed by atoms with Crippen molar-refractivity contribution in [3.63, 3.8) is 0 Å². The molecule has 38 heavy (non-hydrogen) atoms. The van der Waals surface area contributed by atoms with Crippen molar-refractivity contribution in [2.24, 2.45) is 17.6 Å². The van der Waals surface area contributed by atoms with Crippen molar-refractivity contribution in [2.75, 3.05) is 33.4 Å². The monoisotopic (exact) mass is 553 g/mol. The first kappa shape index (κ1) is 29.9. The second-order valence-corrected chi connectivity index (χ2v) is 11.7. The van der Waals surface area contributed by atoms with Crippen molar-refractivity contribution in [2.45, 2.75) is 68.9 Å². The number of rotatable bonds is 11. The standard InChI is InChI=1S/C26H39N3O8S/c1-3-37-24(31)19-13-16-28(17-14-19)23(30)15-18-29(26(33,25(27)32)20-7-5-4-6-8-20)38(34,35)22-11-9-21(36-2)10-12-22/h9-12,19-20,33H,3-8,13-18H2,1-2H3,(H2,27,32). The van der Waals surface area contributed by atoms with Gasteiger partial charge in [-0.15, -0.1) is 0 Å². The molecule has 1 aromatic rings. The zero-order valence-corrected chi connectivity index (χ0v) is 23.0. The van der Waals surface area contributed by atoms with Crippen LogP contribution in [0.15, 0.2) is 29.2 Å². The molecule has 0 spiro atoms. The molecular formula is C26H39N3O8S. The number of ether oxygens (including phenoxy) is 2. The number of carbonyl (C=O) groups excluding carboxylic acids is 3. The van der Waals surface area contributed by atoms with E-state index in [0.717, 1.165) is 19.3 Å². The fourth-order valence-electron chi connectivity index (χ4n) is 5.36. The molecule has 212 valence electrons. The van der Waals surface area contributed by atoms with Gasteiger partial charge in [0.15, 0.2) is 0 Å². The number of hydrogen-bond donors (Lipinski definition) is 2. The van der Waals surface area contributed by atoms with Gasteiger partial charge in [0.05, 0.1) is 24.5 Å². The molecule has 3 N–H and O–H groups in total. The lowest BCUT2D eigenvalue weighted by molar-refractivity contribution is -0.165. The first-order valence-corrected chi connectivity index (χ1v) is 14.6. The fraction of sp³-hybridized carbons (Fsp3) is 0.654. The van der Waals surface area contributed by atoms with Gasteiger partial charge in [-0.1, -0.05) is 19.3 Å². The van der Waals surface area contributed by atoms with E-state index in [1.54, 1.807) is 11.8 Å². The Labute approximate surface area is 224 Å². The number of piperidine rings is 1. The molecule has 0 radical (unpaired) electrons. The molecular weight excluding hydrogens is 514 g/mol. The van der Waals surface area contributed by atoms with Gasteiger partial charge in [0, 0.05) is 32.0 Å². The predicted molar refractivity (Wildman–Crippen MR) is 138 cm³/mol. The van der Waals surface area contributed by atoms with E-state index in [4.69, 9.17) is 15.2 Å². The van der Waals surface area contributed by atoms with E-state index in [1.807, 2.05) is 0 Å². The van der Waals surface area contributed by atoms with E-state index >= 15 is 0 Å². The number of hydrogen-bond acceptors (Lipinski definition) is 8. The predicted octanol–water partition coefficient (Wildman–Crippen LogP) is 1.63. The molecule has 1 aromatic carbocycles. The molecule has 1 saturated heterocycles. The molecule has 1 aliphatic heterocycles. The Balaban J connectivity index is 1.84. The zero-order valence-electron chi connectivity index (χ0n) is 22.1. The van der Waals surface area contributed by atoms with Gasteiger partial charge in [-0.2, -0.15) is 4.31 Å². The molecule has 3 rings (SSSR count). The summed E-state index contributed by atoms with van der Waals surface area (Å²) in [4.78, 5) is 39.3. The highest BCUT2D eigenvalue weighted by Gasteiger charge is 2.53. The van der Waals surface area contributed by atoms with Gasteiger partial charge in [0.2, 0.25) is 21.7 Å². The maximum absolute atomic E-state index is 13.8. The van der Waals surface area contributed by atoms with Crippen molar-refractivity contribution in [3.8, 4) is 5.75 Å². The van der Waals surface area contributed by atoms with Crippen LogP contribution in [0.25, 0.3) is 0 Å². The molecule has 2 aliphatic rings. The van der Waals surface area contributed by atoms with Crippen LogP contribution in [0, 0.1) is 11.8 Å². The lowest BCUT2D eigenvalue weighted by atomic mass is 9.81. The van der Waals surface area contributed by atoms with Gasteiger partial charge in [-0.05, 0) is 56.9 Å². The maximum atomic E-state index is 13.8. The van der Waals surface area contributed by atoms with Crippen LogP contribution in [0.3, 0.4) is 0 Å². The Kier molecular flexibility index (Phi) is 10.1. The number of benzene rings is 1. The second-order valence-electron chi connectivity index (χ2n) is 9.84. The van der Waals surface area contributed by atoms with E-state index in [-0.39, 0.29) is 29.1 Å². The summed E-state index contributed by atoms with van der Waals surface area (Å²) in [5.41, 5.74) is 3.20. The summed E-state index contributed by atoms with van der Waals surface area (Å²) in [6.07, 6.45) is 3.87. The van der Waals surface area contributed by atoms with Crippen LogP contribution in [0.5, 0.6) is 5.75 Å². The highest BCUT2D eigenvalue weighted by Crippen LogP contribution is 2.38. The zero-order chi connectivity index (χ0) is 27.9. The summed E-state index contributed by atoms with van der Waals surface area (Å²) in [7, 11) is -2.99. The lowest BCUT2D eigenvalue weighted by Gasteiger charge is -2.43. The van der Waals surface area contributed by atoms with E-state index in [2.05, 4.69) is 0 Å². The van der Waals surface area contributed by atoms with Crippen molar-refractivity contribution in [1.29, 1.82) is 0 Å². The van der Waals surface area contributed by atoms with Gasteiger partial charge in [-0.25, -0.2) is 8.42 Å². The van der Waals surface area contributed by atoms with Gasteiger partial charge in [0.25, 0.3) is 5.91 Å². The molecule has 12 heteroatoms. The molecule has 0 bridgehead atoms. The molecule has 2 amide bonds. The minimum atomic E-state index is -4.44. The molecule has 11 nitrogen and oxygen atoms in total. The second kappa shape index (κ2) is 12.9. The first-order valence-electron chi connectivity index (χ1n) is 13.2. The van der Waals surface area contributed by atoms with Crippen LogP contribution in [-0.4, -0.2) is 79.6 Å². The topological polar surface area (TPSA) is 157 Å². The number of nitrogens with two attached hydrogens (primary N) is 1. The number of carbonyl (C=O) groups is 3. The third kappa shape index (κ3) is 6.47. The molecule has 1 heterocycles. The van der Waals surface area contributed by atoms with Crippen molar-refractivity contribution in [1.82, 2.24) is 9.21 Å². The molecule has 0 aromatic heterocycles. The molecule has 1 atom stereocenters. The normalized spacial score (nSPS) is 19.1. The van der Waals surface area contributed by atoms with Crippen molar-refractivity contribution < 1.29 is 37.4 Å². The fourth-order valence-corrected chi connectivity index (χ4v) is 7.03. The minimum absolute atomic E-state index is 0.156. The van der Waals surface area contributed by atoms with Crippen molar-refractivity contribution in [3.05, 3.63) is 24.3 Å². The average molecular weight is 554 g/mol. The van der Waals surface area contributed by atoms with E-state index in [9.17, 15) is 27.9 Å². The van der Waals surface area contributed by atoms with Crippen molar-refractivity contribution >= 4 is 27.8 Å². The smallest absolute Gasteiger partial charge is 0.309 e. The van der Waals surface area contributed by atoms with Gasteiger partial charge >= 0.3 is 5.97 Å². The Hall–Kier alpha value is -2.70. The maximum Gasteiger partial charge on any atom is 0.309 e. The number of primary amides is 1. The van der Waals surface area contributed by atoms with Gasteiger partial charge < -0.3 is 25.2 Å². The molecule has 1 aliphatic carbocycles. The highest BCUT2D eigenvalue weighted by atomic mass is 32.2. The number of amides is 2. The highest BCUT2D eigenvalue weighted by molar-refractivity contribution is 7.89. The van der Waals surface area contributed by atoms with Crippen LogP contribution >= 0.6 is 0 Å². The SMILES string of the molecule is CCOC(=O)C1CCN(C(=O)CCN(C(O)(C(N)=O)C2CCCCC2)S(=O)(=O)c2ccc(OC)cc2)CC1. The van der Waals surface area contributed by atoms with Gasteiger partial charge in [-0.3, -0.25) is 14.4 Å². The number of esters is 1. The number of likely N-dealkylation sites (tertiary alicyclic amines) is 1. The van der Waals surface area contributed by atoms with Crippen LogP contribution < -0.4 is 10.5 Å². The Morgan fingerprint density at radius 2 is 1.68 bits per heavy atom. The molecule has 1 saturated carbocycles. The number of methoxy groups -OCH3 is 1. The molecule has 2 fully saturated rings. The molecule has 1 unspecified atom stereocenters. The third-order valence-corrected chi connectivity index (χ3v) is 9.47. The number of aliphatic hydroxyl groups is 1. The Bertz CT molecular complexity index is 1080. The van der Waals surface area contributed by atoms with Crippen LogP contribution in [0.4, 0.5) is 0 Å². The minimum Gasteiger partial charge on any atom is -0.497 e. The van der Waals surface area contributed by atoms with E-state index < -0.39 is 34.1 Å². The summed E-state index contributed by atoms with van der Waals surface area (Å²) >= 11 is 0. The van der Waals surface area contributed by atoms with Gasteiger partial charge in [0.1, 0.15) is 5.75 Å². The van der Waals surface area contributed by atoms with E-state index in [0.29, 0.717) is 55.4 Å². The largest absolute Gasteiger partial charge is 0.497 e. The average Bonchev–Trinajstić information content (AvgIpc) is 2.93.